The van der Waals surface area contributed by atoms with E-state index in [-0.39, 0.29) is 28.8 Å². The number of carbonyl (C=O) groups is 1. The molecule has 1 aromatic carbocycles. The van der Waals surface area contributed by atoms with Gasteiger partial charge in [-0.15, -0.1) is 0 Å². The van der Waals surface area contributed by atoms with Crippen LogP contribution >= 0.6 is 11.6 Å². The van der Waals surface area contributed by atoms with Gasteiger partial charge in [0.05, 0.1) is 12.0 Å². The van der Waals surface area contributed by atoms with Gasteiger partial charge in [-0.1, -0.05) is 24.9 Å². The number of hydrogen-bond donors (Lipinski definition) is 2. The van der Waals surface area contributed by atoms with Gasteiger partial charge in [-0.3, -0.25) is 4.79 Å². The molecule has 5 nitrogen and oxygen atoms in total. The quantitative estimate of drug-likeness (QED) is 0.671. The van der Waals surface area contributed by atoms with Gasteiger partial charge in [0, 0.05) is 10.4 Å². The van der Waals surface area contributed by atoms with Gasteiger partial charge in [0.2, 0.25) is 0 Å². The van der Waals surface area contributed by atoms with Crippen molar-refractivity contribution in [3.63, 3.8) is 0 Å². The molecule has 0 fully saturated rings. The van der Waals surface area contributed by atoms with E-state index in [0.29, 0.717) is 5.02 Å². The third-order valence-electron chi connectivity index (χ3n) is 2.89. The summed E-state index contributed by atoms with van der Waals surface area (Å²) < 4.78 is 4.98. The summed E-state index contributed by atoms with van der Waals surface area (Å²) in [5.74, 6) is -1.05. The fourth-order valence-corrected chi connectivity index (χ4v) is 1.99. The zero-order valence-corrected chi connectivity index (χ0v) is 11.7. The number of aromatic amines is 1. The zero-order chi connectivity index (χ0) is 14.7. The maximum Gasteiger partial charge on any atom is 0.358 e. The average Bonchev–Trinajstić information content (AvgIpc) is 2.42. The maximum atomic E-state index is 11.9. The second-order valence-electron chi connectivity index (χ2n) is 4.36. The van der Waals surface area contributed by atoms with Crippen molar-refractivity contribution >= 4 is 28.3 Å². The van der Waals surface area contributed by atoms with E-state index in [2.05, 4.69) is 4.98 Å². The molecule has 0 amide bonds. The lowest BCUT2D eigenvalue weighted by Gasteiger charge is -2.08. The van der Waals surface area contributed by atoms with Crippen LogP contribution in [0.5, 0.6) is 5.75 Å². The largest absolute Gasteiger partial charge is 0.505 e. The lowest BCUT2D eigenvalue weighted by molar-refractivity contribution is 0.0489. The Morgan fingerprint density at radius 1 is 1.40 bits per heavy atom. The first-order valence-corrected chi connectivity index (χ1v) is 6.64. The van der Waals surface area contributed by atoms with E-state index < -0.39 is 11.5 Å². The second-order valence-corrected chi connectivity index (χ2v) is 4.79. The number of aromatic hydroxyl groups is 1. The predicted molar refractivity (Wildman–Crippen MR) is 76.4 cm³/mol. The van der Waals surface area contributed by atoms with Crippen LogP contribution in [0.1, 0.15) is 30.3 Å². The molecule has 20 heavy (non-hydrogen) atoms. The number of nitrogens with one attached hydrogen (secondary N) is 1. The molecule has 0 aliphatic rings. The molecule has 0 aliphatic heterocycles. The standard InChI is InChI=1S/C14H14ClNO4/c1-2-3-6-20-14(19)11-12(17)9-5-4-8(15)7-10(9)13(18)16-11/h4-5,7,17H,2-3,6H2,1H3,(H,16,18). The molecule has 1 aromatic heterocycles. The third kappa shape index (κ3) is 2.77. The molecule has 6 heteroatoms. The number of ether oxygens (including phenoxy) is 1. The van der Waals surface area contributed by atoms with E-state index in [4.69, 9.17) is 16.3 Å². The number of pyridine rings is 1. The van der Waals surface area contributed by atoms with Crippen LogP contribution in [0.2, 0.25) is 5.02 Å². The number of esters is 1. The highest BCUT2D eigenvalue weighted by molar-refractivity contribution is 6.31. The first kappa shape index (κ1) is 14.4. The number of H-pyrrole nitrogens is 1. The average molecular weight is 296 g/mol. The molecule has 106 valence electrons. The Bertz CT molecular complexity index is 708. The summed E-state index contributed by atoms with van der Waals surface area (Å²) >= 11 is 5.80. The summed E-state index contributed by atoms with van der Waals surface area (Å²) in [6.07, 6.45) is 1.60. The molecule has 0 saturated carbocycles. The van der Waals surface area contributed by atoms with Crippen LogP contribution in [-0.4, -0.2) is 22.7 Å². The van der Waals surface area contributed by atoms with Gasteiger partial charge in [-0.05, 0) is 24.6 Å². The molecule has 0 aliphatic carbocycles. The Morgan fingerprint density at radius 3 is 2.85 bits per heavy atom. The summed E-state index contributed by atoms with van der Waals surface area (Å²) in [4.78, 5) is 26.1. The van der Waals surface area contributed by atoms with E-state index in [1.54, 1.807) is 0 Å². The predicted octanol–water partition coefficient (Wildman–Crippen LogP) is 2.84. The van der Waals surface area contributed by atoms with Gasteiger partial charge in [0.15, 0.2) is 11.4 Å². The maximum absolute atomic E-state index is 11.9. The van der Waals surface area contributed by atoms with Crippen LogP contribution in [0.4, 0.5) is 0 Å². The lowest BCUT2D eigenvalue weighted by Crippen LogP contribution is -2.16. The van der Waals surface area contributed by atoms with E-state index in [1.165, 1.54) is 18.2 Å². The SMILES string of the molecule is CCCCOC(=O)c1[nH]c(=O)c2cc(Cl)ccc2c1O. The minimum Gasteiger partial charge on any atom is -0.505 e. The summed E-state index contributed by atoms with van der Waals surface area (Å²) in [6, 6.07) is 4.46. The Kier molecular flexibility index (Phi) is 4.29. The highest BCUT2D eigenvalue weighted by atomic mass is 35.5. The van der Waals surface area contributed by atoms with E-state index in [0.717, 1.165) is 12.8 Å². The summed E-state index contributed by atoms with van der Waals surface area (Å²) in [7, 11) is 0. The van der Waals surface area contributed by atoms with Crippen LogP contribution in [0.15, 0.2) is 23.0 Å². The number of halogens is 1. The normalized spacial score (nSPS) is 10.7. The Morgan fingerprint density at radius 2 is 2.15 bits per heavy atom. The van der Waals surface area contributed by atoms with Gasteiger partial charge < -0.3 is 14.8 Å². The molecule has 0 bridgehead atoms. The molecule has 0 atom stereocenters. The Labute approximate surface area is 120 Å². The van der Waals surface area contributed by atoms with Crippen molar-refractivity contribution < 1.29 is 14.6 Å². The minimum atomic E-state index is -0.745. The van der Waals surface area contributed by atoms with Gasteiger partial charge in [-0.2, -0.15) is 0 Å². The van der Waals surface area contributed by atoms with E-state index in [1.807, 2.05) is 6.92 Å². The van der Waals surface area contributed by atoms with Crippen LogP contribution in [-0.2, 0) is 4.74 Å². The van der Waals surface area contributed by atoms with Crippen LogP contribution in [0, 0.1) is 0 Å². The number of fused-ring (bicyclic) bond motifs is 1. The Balaban J connectivity index is 2.45. The fourth-order valence-electron chi connectivity index (χ4n) is 1.81. The summed E-state index contributed by atoms with van der Waals surface area (Å²) in [5, 5.41) is 10.9. The number of unbranched alkanes of at least 4 members (excludes halogenated alkanes) is 1. The number of aromatic nitrogens is 1. The smallest absolute Gasteiger partial charge is 0.358 e. The van der Waals surface area contributed by atoms with E-state index >= 15 is 0 Å². The van der Waals surface area contributed by atoms with Gasteiger partial charge in [0.1, 0.15) is 0 Å². The molecule has 1 heterocycles. The number of benzene rings is 1. The summed E-state index contributed by atoms with van der Waals surface area (Å²) in [6.45, 7) is 2.21. The fraction of sp³-hybridized carbons (Fsp3) is 0.286. The first-order chi connectivity index (χ1) is 9.54. The topological polar surface area (TPSA) is 79.4 Å². The van der Waals surface area contributed by atoms with Crippen LogP contribution in [0.3, 0.4) is 0 Å². The van der Waals surface area contributed by atoms with Crippen molar-refractivity contribution in [1.29, 1.82) is 0 Å². The highest BCUT2D eigenvalue weighted by Gasteiger charge is 2.18. The van der Waals surface area contributed by atoms with Crippen LogP contribution in [0.25, 0.3) is 10.8 Å². The molecule has 0 saturated heterocycles. The number of rotatable bonds is 4. The van der Waals surface area contributed by atoms with Gasteiger partial charge in [-0.25, -0.2) is 4.79 Å². The second kappa shape index (κ2) is 5.96. The van der Waals surface area contributed by atoms with Crippen molar-refractivity contribution in [2.24, 2.45) is 0 Å². The molecular weight excluding hydrogens is 282 g/mol. The molecular formula is C14H14ClNO4. The lowest BCUT2D eigenvalue weighted by atomic mass is 10.1. The van der Waals surface area contributed by atoms with Crippen LogP contribution < -0.4 is 5.56 Å². The van der Waals surface area contributed by atoms with Gasteiger partial charge in [0.25, 0.3) is 5.56 Å². The molecule has 2 rings (SSSR count). The van der Waals surface area contributed by atoms with Gasteiger partial charge >= 0.3 is 5.97 Å². The minimum absolute atomic E-state index is 0.222. The molecule has 0 radical (unpaired) electrons. The molecule has 2 aromatic rings. The number of carbonyl (C=O) groups excluding carboxylic acids is 1. The molecule has 2 N–H and O–H groups in total. The van der Waals surface area contributed by atoms with E-state index in [9.17, 15) is 14.7 Å². The third-order valence-corrected chi connectivity index (χ3v) is 3.13. The first-order valence-electron chi connectivity index (χ1n) is 6.26. The molecule has 0 spiro atoms. The monoisotopic (exact) mass is 295 g/mol. The zero-order valence-electron chi connectivity index (χ0n) is 10.9. The number of hydrogen-bond acceptors (Lipinski definition) is 4. The van der Waals surface area contributed by atoms with Crippen molar-refractivity contribution in [3.8, 4) is 5.75 Å². The van der Waals surface area contributed by atoms with Crippen molar-refractivity contribution in [3.05, 3.63) is 39.3 Å². The van der Waals surface area contributed by atoms with Crippen molar-refractivity contribution in [2.75, 3.05) is 6.61 Å². The van der Waals surface area contributed by atoms with Crippen molar-refractivity contribution in [1.82, 2.24) is 4.98 Å². The summed E-state index contributed by atoms with van der Waals surface area (Å²) in [5.41, 5.74) is -0.733. The molecule has 0 unspecified atom stereocenters. The Hall–Kier alpha value is -2.01. The van der Waals surface area contributed by atoms with Crippen molar-refractivity contribution in [2.45, 2.75) is 19.8 Å². The highest BCUT2D eigenvalue weighted by Crippen LogP contribution is 2.27.